The molecule has 0 spiro atoms. The van der Waals surface area contributed by atoms with Gasteiger partial charge in [0.1, 0.15) is 12.1 Å². The van der Waals surface area contributed by atoms with Gasteiger partial charge < -0.3 is 16.0 Å². The largest absolute Gasteiger partial charge is 0.367 e. The fourth-order valence-electron chi connectivity index (χ4n) is 2.77. The van der Waals surface area contributed by atoms with E-state index in [0.29, 0.717) is 19.1 Å². The Kier molecular flexibility index (Phi) is 11.0. The second kappa shape index (κ2) is 12.7. The van der Waals surface area contributed by atoms with E-state index in [1.165, 1.54) is 19.3 Å². The van der Waals surface area contributed by atoms with Gasteiger partial charge >= 0.3 is 0 Å². The molecule has 0 amide bonds. The summed E-state index contributed by atoms with van der Waals surface area (Å²) in [5.74, 6) is 1.66. The Morgan fingerprint density at radius 2 is 2.07 bits per heavy atom. The highest BCUT2D eigenvalue weighted by atomic mass is 127. The van der Waals surface area contributed by atoms with Crippen LogP contribution in [0.4, 0.5) is 5.82 Å². The van der Waals surface area contributed by atoms with Gasteiger partial charge in [0.15, 0.2) is 11.6 Å². The van der Waals surface area contributed by atoms with Crippen molar-refractivity contribution in [2.45, 2.75) is 52.5 Å². The van der Waals surface area contributed by atoms with Crippen LogP contribution in [0.25, 0.3) is 11.0 Å². The summed E-state index contributed by atoms with van der Waals surface area (Å²) in [4.78, 5) is 13.2. The molecule has 3 N–H and O–H groups in total. The Balaban J connectivity index is 0.00000364. The number of rotatable bonds is 10. The topological polar surface area (TPSA) is 92.1 Å². The number of hydrogen-bond donors (Lipinski definition) is 3. The van der Waals surface area contributed by atoms with Crippen molar-refractivity contribution >= 4 is 46.8 Å². The number of aryl methyl sites for hydroxylation is 1. The van der Waals surface area contributed by atoms with Crippen LogP contribution in [0.15, 0.2) is 17.5 Å². The number of nitrogens with one attached hydrogen (secondary N) is 3. The third-order valence-electron chi connectivity index (χ3n) is 4.17. The van der Waals surface area contributed by atoms with Gasteiger partial charge in [0.25, 0.3) is 0 Å². The molecule has 0 aliphatic carbocycles. The molecule has 0 radical (unpaired) electrons. The van der Waals surface area contributed by atoms with Crippen molar-refractivity contribution in [3.05, 3.63) is 12.5 Å². The highest BCUT2D eigenvalue weighted by molar-refractivity contribution is 14.0. The molecule has 0 saturated carbocycles. The molecule has 0 bridgehead atoms. The lowest BCUT2D eigenvalue weighted by molar-refractivity contribution is 0.547. The molecule has 0 aromatic carbocycles. The van der Waals surface area contributed by atoms with E-state index in [4.69, 9.17) is 0 Å². The van der Waals surface area contributed by atoms with E-state index in [1.807, 2.05) is 7.05 Å². The monoisotopic (exact) mass is 488 g/mol. The van der Waals surface area contributed by atoms with Crippen LogP contribution in [0.2, 0.25) is 0 Å². The summed E-state index contributed by atoms with van der Waals surface area (Å²) in [6.45, 7) is 8.72. The van der Waals surface area contributed by atoms with Crippen molar-refractivity contribution in [2.24, 2.45) is 12.0 Å². The van der Waals surface area contributed by atoms with Crippen LogP contribution in [-0.2, 0) is 7.05 Å². The number of guanidine groups is 1. The van der Waals surface area contributed by atoms with Crippen molar-refractivity contribution < 1.29 is 0 Å². The second-order valence-corrected chi connectivity index (χ2v) is 6.46. The lowest BCUT2D eigenvalue weighted by Gasteiger charge is -2.17. The fourth-order valence-corrected chi connectivity index (χ4v) is 2.77. The van der Waals surface area contributed by atoms with Crippen LogP contribution in [0.5, 0.6) is 0 Å². The van der Waals surface area contributed by atoms with E-state index in [-0.39, 0.29) is 24.0 Å². The first kappa shape index (κ1) is 23.4. The zero-order chi connectivity index (χ0) is 18.8. The van der Waals surface area contributed by atoms with Gasteiger partial charge in [0.2, 0.25) is 0 Å². The number of aromatic nitrogens is 4. The van der Waals surface area contributed by atoms with Gasteiger partial charge in [-0.3, -0.25) is 9.67 Å². The van der Waals surface area contributed by atoms with Crippen molar-refractivity contribution in [1.82, 2.24) is 30.4 Å². The standard InChI is InChI=1S/C18H32N8.HI/c1-5-7-8-9-14(3)25-18(19-6-2)21-11-10-20-16-15-12-24-26(4)17(15)23-13-22-16;/h12-14H,5-11H2,1-4H3,(H2,19,21,25)(H,20,22,23);1H. The molecule has 2 rings (SSSR count). The van der Waals surface area contributed by atoms with Crippen LogP contribution in [-0.4, -0.2) is 51.4 Å². The maximum atomic E-state index is 4.65. The lowest BCUT2D eigenvalue weighted by atomic mass is 10.1. The molecular weight excluding hydrogens is 455 g/mol. The summed E-state index contributed by atoms with van der Waals surface area (Å²) in [5, 5.41) is 15.3. The highest BCUT2D eigenvalue weighted by Gasteiger charge is 2.07. The normalized spacial score (nSPS) is 12.5. The average Bonchev–Trinajstić information content (AvgIpc) is 3.01. The zero-order valence-corrected chi connectivity index (χ0v) is 19.2. The Bertz CT molecular complexity index is 700. The Labute approximate surface area is 179 Å². The molecule has 152 valence electrons. The molecule has 0 saturated heterocycles. The number of unbranched alkanes of at least 4 members (excludes halogenated alkanes) is 2. The summed E-state index contributed by atoms with van der Waals surface area (Å²) in [6.07, 6.45) is 8.28. The maximum Gasteiger partial charge on any atom is 0.191 e. The molecular formula is C18H33IN8. The number of halogens is 1. The molecule has 8 nitrogen and oxygen atoms in total. The average molecular weight is 488 g/mol. The third kappa shape index (κ3) is 7.47. The van der Waals surface area contributed by atoms with Crippen molar-refractivity contribution in [3.63, 3.8) is 0 Å². The smallest absolute Gasteiger partial charge is 0.191 e. The summed E-state index contributed by atoms with van der Waals surface area (Å²) in [7, 11) is 1.87. The Morgan fingerprint density at radius 1 is 1.26 bits per heavy atom. The number of hydrogen-bond acceptors (Lipinski definition) is 5. The first-order valence-electron chi connectivity index (χ1n) is 9.57. The number of aliphatic imine (C=N–C) groups is 1. The van der Waals surface area contributed by atoms with Crippen LogP contribution in [0.3, 0.4) is 0 Å². The molecule has 0 fully saturated rings. The minimum atomic E-state index is 0. The summed E-state index contributed by atoms with van der Waals surface area (Å²) < 4.78 is 1.74. The molecule has 2 heterocycles. The third-order valence-corrected chi connectivity index (χ3v) is 4.17. The summed E-state index contributed by atoms with van der Waals surface area (Å²) in [6, 6.07) is 0.421. The molecule has 0 aliphatic rings. The summed E-state index contributed by atoms with van der Waals surface area (Å²) in [5.41, 5.74) is 0.821. The quantitative estimate of drug-likeness (QED) is 0.206. The van der Waals surface area contributed by atoms with E-state index >= 15 is 0 Å². The molecule has 2 aromatic heterocycles. The predicted molar refractivity (Wildman–Crippen MR) is 123 cm³/mol. The van der Waals surface area contributed by atoms with E-state index in [1.54, 1.807) is 17.2 Å². The second-order valence-electron chi connectivity index (χ2n) is 6.46. The van der Waals surface area contributed by atoms with Gasteiger partial charge in [0.05, 0.1) is 18.1 Å². The minimum absolute atomic E-state index is 0. The minimum Gasteiger partial charge on any atom is -0.367 e. The van der Waals surface area contributed by atoms with Crippen molar-refractivity contribution in [2.75, 3.05) is 25.0 Å². The van der Waals surface area contributed by atoms with Gasteiger partial charge in [0, 0.05) is 26.2 Å². The van der Waals surface area contributed by atoms with Crippen LogP contribution in [0.1, 0.15) is 46.5 Å². The number of anilines is 1. The Hall–Kier alpha value is -1.65. The fraction of sp³-hybridized carbons (Fsp3) is 0.667. The van der Waals surface area contributed by atoms with Gasteiger partial charge in [-0.15, -0.1) is 24.0 Å². The predicted octanol–water partition coefficient (Wildman–Crippen LogP) is 2.92. The SMILES string of the molecule is CCCCCC(C)NC(=NCCNc1ncnc2c1cnn2C)NCC.I. The lowest BCUT2D eigenvalue weighted by Crippen LogP contribution is -2.42. The molecule has 0 aliphatic heterocycles. The maximum absolute atomic E-state index is 4.65. The first-order chi connectivity index (χ1) is 12.7. The van der Waals surface area contributed by atoms with Gasteiger partial charge in [-0.2, -0.15) is 5.10 Å². The molecule has 2 aromatic rings. The molecule has 27 heavy (non-hydrogen) atoms. The van der Waals surface area contributed by atoms with Crippen LogP contribution < -0.4 is 16.0 Å². The molecule has 1 atom stereocenters. The van der Waals surface area contributed by atoms with E-state index in [0.717, 1.165) is 35.8 Å². The van der Waals surface area contributed by atoms with E-state index in [2.05, 4.69) is 56.8 Å². The molecule has 1 unspecified atom stereocenters. The summed E-state index contributed by atoms with van der Waals surface area (Å²) >= 11 is 0. The van der Waals surface area contributed by atoms with E-state index < -0.39 is 0 Å². The van der Waals surface area contributed by atoms with Crippen LogP contribution in [0, 0.1) is 0 Å². The van der Waals surface area contributed by atoms with Crippen molar-refractivity contribution in [1.29, 1.82) is 0 Å². The van der Waals surface area contributed by atoms with Gasteiger partial charge in [-0.1, -0.05) is 26.2 Å². The van der Waals surface area contributed by atoms with E-state index in [9.17, 15) is 0 Å². The first-order valence-corrected chi connectivity index (χ1v) is 9.57. The number of fused-ring (bicyclic) bond motifs is 1. The number of nitrogens with zero attached hydrogens (tertiary/aromatic N) is 5. The zero-order valence-electron chi connectivity index (χ0n) is 16.8. The van der Waals surface area contributed by atoms with Crippen molar-refractivity contribution in [3.8, 4) is 0 Å². The highest BCUT2D eigenvalue weighted by Crippen LogP contribution is 2.17. The Morgan fingerprint density at radius 3 is 2.81 bits per heavy atom. The van der Waals surface area contributed by atoms with Gasteiger partial charge in [-0.05, 0) is 20.3 Å². The van der Waals surface area contributed by atoms with Crippen LogP contribution >= 0.6 is 24.0 Å². The molecule has 9 heteroatoms. The van der Waals surface area contributed by atoms with Gasteiger partial charge in [-0.25, -0.2) is 9.97 Å².